The van der Waals surface area contributed by atoms with Crippen LogP contribution in [0.5, 0.6) is 5.75 Å². The minimum atomic E-state index is -2.91. The summed E-state index contributed by atoms with van der Waals surface area (Å²) in [6.07, 6.45) is 1.92. The Labute approximate surface area is 183 Å². The Balaban J connectivity index is 1.73. The van der Waals surface area contributed by atoms with E-state index in [1.165, 1.54) is 12.1 Å². The largest absolute Gasteiger partial charge is 0.435 e. The van der Waals surface area contributed by atoms with Gasteiger partial charge in [-0.1, -0.05) is 18.2 Å². The Morgan fingerprint density at radius 3 is 2.62 bits per heavy atom. The molecule has 0 aliphatic carbocycles. The number of anilines is 1. The van der Waals surface area contributed by atoms with Gasteiger partial charge in [0.2, 0.25) is 0 Å². The number of nitrogens with one attached hydrogen (secondary N) is 1. The summed E-state index contributed by atoms with van der Waals surface area (Å²) < 4.78 is 31.2. The smallest absolute Gasteiger partial charge is 0.387 e. The van der Waals surface area contributed by atoms with Crippen molar-refractivity contribution in [3.63, 3.8) is 0 Å². The molecule has 0 radical (unpaired) electrons. The highest BCUT2D eigenvalue weighted by atomic mass is 19.3. The summed E-state index contributed by atoms with van der Waals surface area (Å²) in [7, 11) is 0. The standard InChI is InChI=1S/C24H22F2N4O2/c1-4-30-13-19(15(3)29-30)22-12-18(17-7-5-6-8-21(17)27-22)23(31)28-20-10-9-16(11-14(20)2)32-24(25)26/h5-13,24H,4H2,1-3H3,(H,28,31). The summed E-state index contributed by atoms with van der Waals surface area (Å²) in [6, 6.07) is 13.6. The highest BCUT2D eigenvalue weighted by Crippen LogP contribution is 2.28. The highest BCUT2D eigenvalue weighted by Gasteiger charge is 2.17. The average molecular weight is 436 g/mol. The molecule has 4 aromatic rings. The molecule has 164 valence electrons. The number of hydrogen-bond donors (Lipinski definition) is 1. The topological polar surface area (TPSA) is 69.0 Å². The summed E-state index contributed by atoms with van der Waals surface area (Å²) in [5.41, 5.74) is 4.60. The lowest BCUT2D eigenvalue weighted by Gasteiger charge is -2.13. The lowest BCUT2D eigenvalue weighted by molar-refractivity contribution is -0.0498. The fourth-order valence-corrected chi connectivity index (χ4v) is 3.57. The lowest BCUT2D eigenvalue weighted by Crippen LogP contribution is -2.14. The summed E-state index contributed by atoms with van der Waals surface area (Å²) in [5.74, 6) is -0.286. The molecule has 2 aromatic heterocycles. The van der Waals surface area contributed by atoms with E-state index in [-0.39, 0.29) is 11.7 Å². The van der Waals surface area contributed by atoms with E-state index in [1.807, 2.05) is 49.0 Å². The molecule has 32 heavy (non-hydrogen) atoms. The minimum Gasteiger partial charge on any atom is -0.435 e. The van der Waals surface area contributed by atoms with Crippen LogP contribution in [-0.2, 0) is 6.54 Å². The van der Waals surface area contributed by atoms with Crippen molar-refractivity contribution in [3.8, 4) is 17.0 Å². The quantitative estimate of drug-likeness (QED) is 0.428. The van der Waals surface area contributed by atoms with E-state index in [2.05, 4.69) is 15.2 Å². The van der Waals surface area contributed by atoms with E-state index in [9.17, 15) is 13.6 Å². The van der Waals surface area contributed by atoms with Crippen LogP contribution >= 0.6 is 0 Å². The zero-order chi connectivity index (χ0) is 22.8. The number of fused-ring (bicyclic) bond motifs is 1. The van der Waals surface area contributed by atoms with Crippen LogP contribution in [0.4, 0.5) is 14.5 Å². The molecule has 0 aliphatic rings. The number of carbonyl (C=O) groups is 1. The number of para-hydroxylation sites is 1. The van der Waals surface area contributed by atoms with E-state index in [1.54, 1.807) is 19.1 Å². The number of pyridine rings is 1. The van der Waals surface area contributed by atoms with E-state index in [0.29, 0.717) is 33.4 Å². The molecule has 0 unspecified atom stereocenters. The van der Waals surface area contributed by atoms with Gasteiger partial charge in [-0.15, -0.1) is 0 Å². The minimum absolute atomic E-state index is 0.0376. The van der Waals surface area contributed by atoms with Crippen molar-refractivity contribution in [1.29, 1.82) is 0 Å². The Hall–Kier alpha value is -3.81. The van der Waals surface area contributed by atoms with E-state index < -0.39 is 6.61 Å². The van der Waals surface area contributed by atoms with Gasteiger partial charge in [-0.3, -0.25) is 9.48 Å². The Morgan fingerprint density at radius 2 is 1.94 bits per heavy atom. The van der Waals surface area contributed by atoms with Crippen molar-refractivity contribution in [1.82, 2.24) is 14.8 Å². The first-order valence-electron chi connectivity index (χ1n) is 10.2. The second-order valence-corrected chi connectivity index (χ2v) is 7.37. The molecular formula is C24H22F2N4O2. The molecular weight excluding hydrogens is 414 g/mol. The third-order valence-electron chi connectivity index (χ3n) is 5.18. The van der Waals surface area contributed by atoms with Gasteiger partial charge < -0.3 is 10.1 Å². The molecule has 0 fully saturated rings. The Morgan fingerprint density at radius 1 is 1.16 bits per heavy atom. The van der Waals surface area contributed by atoms with Crippen LogP contribution in [0.3, 0.4) is 0 Å². The number of aromatic nitrogens is 3. The number of carbonyl (C=O) groups excluding carboxylic acids is 1. The number of alkyl halides is 2. The van der Waals surface area contributed by atoms with Crippen LogP contribution < -0.4 is 10.1 Å². The second-order valence-electron chi connectivity index (χ2n) is 7.37. The number of amides is 1. The van der Waals surface area contributed by atoms with Crippen molar-refractivity contribution in [2.24, 2.45) is 0 Å². The maximum Gasteiger partial charge on any atom is 0.387 e. The number of hydrogen-bond acceptors (Lipinski definition) is 4. The summed E-state index contributed by atoms with van der Waals surface area (Å²) in [5, 5.41) is 8.07. The van der Waals surface area contributed by atoms with Crippen LogP contribution in [0.15, 0.2) is 54.7 Å². The summed E-state index contributed by atoms with van der Waals surface area (Å²) >= 11 is 0. The van der Waals surface area contributed by atoms with Gasteiger partial charge in [0.05, 0.1) is 22.5 Å². The van der Waals surface area contributed by atoms with E-state index >= 15 is 0 Å². The van der Waals surface area contributed by atoms with Crippen molar-refractivity contribution in [2.75, 3.05) is 5.32 Å². The van der Waals surface area contributed by atoms with Crippen molar-refractivity contribution in [2.45, 2.75) is 33.9 Å². The molecule has 0 saturated carbocycles. The molecule has 0 spiro atoms. The maximum absolute atomic E-state index is 13.3. The van der Waals surface area contributed by atoms with Crippen molar-refractivity contribution in [3.05, 3.63) is 71.5 Å². The second kappa shape index (κ2) is 8.74. The summed E-state index contributed by atoms with van der Waals surface area (Å²) in [4.78, 5) is 18.0. The molecule has 1 amide bonds. The molecule has 0 aliphatic heterocycles. The molecule has 2 heterocycles. The van der Waals surface area contributed by atoms with Gasteiger partial charge in [0.15, 0.2) is 0 Å². The fourth-order valence-electron chi connectivity index (χ4n) is 3.57. The number of rotatable bonds is 6. The number of benzene rings is 2. The molecule has 8 heteroatoms. The molecule has 1 N–H and O–H groups in total. The number of nitrogens with zero attached hydrogens (tertiary/aromatic N) is 3. The highest BCUT2D eigenvalue weighted by molar-refractivity contribution is 6.13. The van der Waals surface area contributed by atoms with E-state index in [0.717, 1.165) is 17.8 Å². The predicted molar refractivity (Wildman–Crippen MR) is 119 cm³/mol. The van der Waals surface area contributed by atoms with Gasteiger partial charge >= 0.3 is 6.61 Å². The molecule has 2 aromatic carbocycles. The van der Waals surface area contributed by atoms with Crippen molar-refractivity contribution >= 4 is 22.5 Å². The first-order valence-corrected chi connectivity index (χ1v) is 10.2. The van der Waals surface area contributed by atoms with Gasteiger partial charge in [0, 0.05) is 29.4 Å². The van der Waals surface area contributed by atoms with Crippen LogP contribution in [0.25, 0.3) is 22.2 Å². The normalized spacial score (nSPS) is 11.2. The van der Waals surface area contributed by atoms with Gasteiger partial charge in [-0.2, -0.15) is 13.9 Å². The fraction of sp³-hybridized carbons (Fsp3) is 0.208. The Kier molecular flexibility index (Phi) is 5.85. The van der Waals surface area contributed by atoms with Crippen LogP contribution in [-0.4, -0.2) is 27.3 Å². The van der Waals surface area contributed by atoms with E-state index in [4.69, 9.17) is 4.98 Å². The maximum atomic E-state index is 13.3. The lowest BCUT2D eigenvalue weighted by atomic mass is 10.0. The van der Waals surface area contributed by atoms with Gasteiger partial charge in [0.1, 0.15) is 5.75 Å². The van der Waals surface area contributed by atoms with Crippen molar-refractivity contribution < 1.29 is 18.3 Å². The van der Waals surface area contributed by atoms with Gasteiger partial charge in [-0.25, -0.2) is 4.98 Å². The molecule has 0 atom stereocenters. The number of aryl methyl sites for hydroxylation is 3. The predicted octanol–water partition coefficient (Wildman–Crippen LogP) is 5.59. The van der Waals surface area contributed by atoms with Gasteiger partial charge in [-0.05, 0) is 56.7 Å². The number of ether oxygens (including phenoxy) is 1. The number of halogens is 2. The SMILES string of the molecule is CCn1cc(-c2cc(C(=O)Nc3ccc(OC(F)F)cc3C)c3ccccc3n2)c(C)n1. The third kappa shape index (κ3) is 4.30. The van der Waals surface area contributed by atoms with Crippen LogP contribution in [0, 0.1) is 13.8 Å². The summed E-state index contributed by atoms with van der Waals surface area (Å²) in [6.45, 7) is 3.45. The van der Waals surface area contributed by atoms with Crippen LogP contribution in [0.2, 0.25) is 0 Å². The zero-order valence-corrected chi connectivity index (χ0v) is 17.9. The monoisotopic (exact) mass is 436 g/mol. The molecule has 0 bridgehead atoms. The van der Waals surface area contributed by atoms with Crippen LogP contribution in [0.1, 0.15) is 28.5 Å². The third-order valence-corrected chi connectivity index (χ3v) is 5.18. The van der Waals surface area contributed by atoms with Gasteiger partial charge in [0.25, 0.3) is 5.91 Å². The molecule has 6 nitrogen and oxygen atoms in total. The molecule has 0 saturated heterocycles. The average Bonchev–Trinajstić information content (AvgIpc) is 3.15. The Bertz CT molecular complexity index is 1300. The molecule has 4 rings (SSSR count). The first-order chi connectivity index (χ1) is 15.4. The first kappa shape index (κ1) is 21.4. The zero-order valence-electron chi connectivity index (χ0n) is 17.9.